The zero-order chi connectivity index (χ0) is 18.1. The minimum Gasteiger partial charge on any atom is -0.464 e. The van der Waals surface area contributed by atoms with Crippen molar-refractivity contribution in [2.75, 3.05) is 13.3 Å². The van der Waals surface area contributed by atoms with Crippen molar-refractivity contribution >= 4 is 16.9 Å². The second-order valence-corrected chi connectivity index (χ2v) is 6.53. The molecule has 0 bridgehead atoms. The van der Waals surface area contributed by atoms with Gasteiger partial charge in [-0.25, -0.2) is 0 Å². The Labute approximate surface area is 152 Å². The number of fused-ring (bicyclic) bond motifs is 2. The van der Waals surface area contributed by atoms with Gasteiger partial charge in [0, 0.05) is 24.0 Å². The highest BCUT2D eigenvalue weighted by molar-refractivity contribution is 5.88. The van der Waals surface area contributed by atoms with Gasteiger partial charge in [-0.2, -0.15) is 0 Å². The summed E-state index contributed by atoms with van der Waals surface area (Å²) in [6.07, 6.45) is 2.02. The number of benzene rings is 2. The zero-order valence-corrected chi connectivity index (χ0v) is 15.0. The molecule has 0 saturated heterocycles. The van der Waals surface area contributed by atoms with Gasteiger partial charge in [0.25, 0.3) is 0 Å². The van der Waals surface area contributed by atoms with Gasteiger partial charge >= 0.3 is 0 Å². The molecule has 2 aromatic carbocycles. The van der Waals surface area contributed by atoms with Crippen LogP contribution >= 0.6 is 0 Å². The summed E-state index contributed by atoms with van der Waals surface area (Å²) in [4.78, 5) is 14.7. The smallest absolute Gasteiger partial charge is 0.231 e. The highest BCUT2D eigenvalue weighted by atomic mass is 16.7. The predicted octanol–water partition coefficient (Wildman–Crippen LogP) is 4.06. The monoisotopic (exact) mass is 351 g/mol. The number of hydrogen-bond acceptors (Lipinski definition) is 4. The molecule has 0 atom stereocenters. The van der Waals surface area contributed by atoms with Gasteiger partial charge in [-0.1, -0.05) is 18.2 Å². The number of hydrogen-bond donors (Lipinski definition) is 0. The van der Waals surface area contributed by atoms with Crippen LogP contribution in [0.1, 0.15) is 23.6 Å². The molecule has 1 amide bonds. The average molecular weight is 351 g/mol. The fourth-order valence-electron chi connectivity index (χ4n) is 3.24. The van der Waals surface area contributed by atoms with E-state index in [9.17, 15) is 4.79 Å². The maximum absolute atomic E-state index is 12.8. The number of carbonyl (C=O) groups is 1. The molecule has 26 heavy (non-hydrogen) atoms. The average Bonchev–Trinajstić information content (AvgIpc) is 3.25. The first-order valence-corrected chi connectivity index (χ1v) is 8.77. The van der Waals surface area contributed by atoms with E-state index in [4.69, 9.17) is 13.9 Å². The van der Waals surface area contributed by atoms with E-state index in [1.54, 1.807) is 6.26 Å². The fraction of sp³-hybridized carbons (Fsp3) is 0.286. The number of ether oxygens (including phenoxy) is 2. The van der Waals surface area contributed by atoms with Gasteiger partial charge in [0.15, 0.2) is 11.5 Å². The maximum Gasteiger partial charge on any atom is 0.231 e. The van der Waals surface area contributed by atoms with Crippen molar-refractivity contribution in [1.82, 2.24) is 4.90 Å². The van der Waals surface area contributed by atoms with Crippen LogP contribution in [0.5, 0.6) is 11.5 Å². The summed E-state index contributed by atoms with van der Waals surface area (Å²) in [7, 11) is 0. The van der Waals surface area contributed by atoms with E-state index in [0.29, 0.717) is 19.5 Å². The lowest BCUT2D eigenvalue weighted by molar-refractivity contribution is -0.130. The Hall–Kier alpha value is -2.95. The van der Waals surface area contributed by atoms with Crippen LogP contribution in [0.4, 0.5) is 0 Å². The number of furan rings is 1. The molecule has 5 heteroatoms. The predicted molar refractivity (Wildman–Crippen MR) is 98.3 cm³/mol. The number of amides is 1. The van der Waals surface area contributed by atoms with Crippen molar-refractivity contribution in [3.8, 4) is 11.5 Å². The second-order valence-electron chi connectivity index (χ2n) is 6.53. The molecule has 3 aromatic rings. The quantitative estimate of drug-likeness (QED) is 0.695. The third-order valence-corrected chi connectivity index (χ3v) is 4.70. The first kappa shape index (κ1) is 16.5. The molecule has 1 aliphatic heterocycles. The molecule has 4 rings (SSSR count). The molecule has 1 aliphatic rings. The molecule has 134 valence electrons. The summed E-state index contributed by atoms with van der Waals surface area (Å²) in [6, 6.07) is 11.9. The summed E-state index contributed by atoms with van der Waals surface area (Å²) in [5.41, 5.74) is 3.92. The second kappa shape index (κ2) is 6.75. The van der Waals surface area contributed by atoms with Gasteiger partial charge in [0.05, 0.1) is 12.7 Å². The Morgan fingerprint density at radius 3 is 2.81 bits per heavy atom. The molecule has 0 spiro atoms. The Morgan fingerprint density at radius 2 is 1.96 bits per heavy atom. The molecule has 1 aromatic heterocycles. The summed E-state index contributed by atoms with van der Waals surface area (Å²) in [5, 5.41) is 1.00. The van der Waals surface area contributed by atoms with Gasteiger partial charge in [0.2, 0.25) is 12.7 Å². The minimum atomic E-state index is 0.0773. The van der Waals surface area contributed by atoms with E-state index in [1.165, 1.54) is 0 Å². The van der Waals surface area contributed by atoms with Crippen LogP contribution in [0.25, 0.3) is 11.0 Å². The van der Waals surface area contributed by atoms with E-state index in [1.807, 2.05) is 55.1 Å². The van der Waals surface area contributed by atoms with Crippen LogP contribution in [-0.2, 0) is 17.8 Å². The molecular formula is C21H21NO4. The number of carbonyl (C=O) groups excluding carboxylic acids is 1. The van der Waals surface area contributed by atoms with Crippen molar-refractivity contribution in [3.63, 3.8) is 0 Å². The molecule has 0 fully saturated rings. The Kier molecular flexibility index (Phi) is 4.29. The van der Waals surface area contributed by atoms with Gasteiger partial charge in [0.1, 0.15) is 5.58 Å². The minimum absolute atomic E-state index is 0.0773. The largest absolute Gasteiger partial charge is 0.464 e. The molecule has 0 radical (unpaired) electrons. The lowest BCUT2D eigenvalue weighted by Crippen LogP contribution is -2.31. The normalized spacial score (nSPS) is 12.5. The van der Waals surface area contributed by atoms with Gasteiger partial charge in [-0.05, 0) is 43.2 Å². The van der Waals surface area contributed by atoms with Crippen molar-refractivity contribution < 1.29 is 18.7 Å². The molecule has 0 saturated carbocycles. The molecule has 5 nitrogen and oxygen atoms in total. The number of rotatable bonds is 5. The standard InChI is InChI=1S/C21H21NO4/c1-3-22(11-15-5-7-18-20(9-15)26-13-25-18)21(23)10-16-12-24-19-8-14(2)4-6-17(16)19/h4-9,12H,3,10-11,13H2,1-2H3. The number of likely N-dealkylation sites (N-methyl/N-ethyl adjacent to an activating group) is 1. The SMILES string of the molecule is CCN(Cc1ccc2c(c1)OCO2)C(=O)Cc1coc2cc(C)ccc12. The molecule has 2 heterocycles. The lowest BCUT2D eigenvalue weighted by Gasteiger charge is -2.21. The summed E-state index contributed by atoms with van der Waals surface area (Å²) >= 11 is 0. The van der Waals surface area contributed by atoms with Crippen LogP contribution < -0.4 is 9.47 Å². The Balaban J connectivity index is 1.50. The highest BCUT2D eigenvalue weighted by Gasteiger charge is 2.18. The topological polar surface area (TPSA) is 51.9 Å². The molecular weight excluding hydrogens is 330 g/mol. The van der Waals surface area contributed by atoms with Crippen LogP contribution in [0.2, 0.25) is 0 Å². The van der Waals surface area contributed by atoms with E-state index in [0.717, 1.165) is 39.2 Å². The zero-order valence-electron chi connectivity index (χ0n) is 15.0. The first-order valence-electron chi connectivity index (χ1n) is 8.77. The van der Waals surface area contributed by atoms with Crippen molar-refractivity contribution in [2.45, 2.75) is 26.8 Å². The van der Waals surface area contributed by atoms with Gasteiger partial charge in [-0.15, -0.1) is 0 Å². The van der Waals surface area contributed by atoms with Crippen LogP contribution in [0, 0.1) is 6.92 Å². The fourth-order valence-corrected chi connectivity index (χ4v) is 3.24. The van der Waals surface area contributed by atoms with Crippen molar-refractivity contribution in [1.29, 1.82) is 0 Å². The van der Waals surface area contributed by atoms with Crippen LogP contribution in [0.15, 0.2) is 47.1 Å². The first-order chi connectivity index (χ1) is 12.6. The number of aryl methyl sites for hydroxylation is 1. The van der Waals surface area contributed by atoms with Crippen molar-refractivity contribution in [3.05, 3.63) is 59.4 Å². The third kappa shape index (κ3) is 3.12. The van der Waals surface area contributed by atoms with E-state index >= 15 is 0 Å². The van der Waals surface area contributed by atoms with Gasteiger partial charge in [-0.3, -0.25) is 4.79 Å². The molecule has 0 N–H and O–H groups in total. The number of nitrogens with zero attached hydrogens (tertiary/aromatic N) is 1. The van der Waals surface area contributed by atoms with Crippen molar-refractivity contribution in [2.24, 2.45) is 0 Å². The summed E-state index contributed by atoms with van der Waals surface area (Å²) < 4.78 is 16.4. The van der Waals surface area contributed by atoms with E-state index in [-0.39, 0.29) is 12.7 Å². The maximum atomic E-state index is 12.8. The van der Waals surface area contributed by atoms with E-state index < -0.39 is 0 Å². The molecule has 0 aliphatic carbocycles. The van der Waals surface area contributed by atoms with Crippen LogP contribution in [0.3, 0.4) is 0 Å². The third-order valence-electron chi connectivity index (χ3n) is 4.70. The molecule has 0 unspecified atom stereocenters. The lowest BCUT2D eigenvalue weighted by atomic mass is 10.1. The summed E-state index contributed by atoms with van der Waals surface area (Å²) in [5.74, 6) is 1.57. The van der Waals surface area contributed by atoms with E-state index in [2.05, 4.69) is 0 Å². The Morgan fingerprint density at radius 1 is 1.12 bits per heavy atom. The highest BCUT2D eigenvalue weighted by Crippen LogP contribution is 2.33. The summed E-state index contributed by atoms with van der Waals surface area (Å²) in [6.45, 7) is 5.45. The van der Waals surface area contributed by atoms with Gasteiger partial charge < -0.3 is 18.8 Å². The Bertz CT molecular complexity index is 960. The van der Waals surface area contributed by atoms with Crippen LogP contribution in [-0.4, -0.2) is 24.1 Å².